The molecule has 0 spiro atoms. The van der Waals surface area contributed by atoms with Gasteiger partial charge in [-0.2, -0.15) is 0 Å². The Hall–Kier alpha value is -1.39. The molecule has 0 saturated carbocycles. The summed E-state index contributed by atoms with van der Waals surface area (Å²) >= 11 is 0. The van der Waals surface area contributed by atoms with Gasteiger partial charge >= 0.3 is 0 Å². The fraction of sp³-hybridized carbons (Fsp3) is 0.412. The molecule has 0 bridgehead atoms. The molecule has 2 aromatic carbocycles. The molecule has 3 nitrogen and oxygen atoms in total. The van der Waals surface area contributed by atoms with E-state index in [4.69, 9.17) is 5.73 Å². The van der Waals surface area contributed by atoms with Crippen molar-refractivity contribution in [2.45, 2.75) is 49.3 Å². The van der Waals surface area contributed by atoms with Gasteiger partial charge in [0.2, 0.25) is 0 Å². The third-order valence-electron chi connectivity index (χ3n) is 3.95. The highest BCUT2D eigenvalue weighted by atomic mass is 32.2. The lowest BCUT2D eigenvalue weighted by Gasteiger charge is -2.22. The van der Waals surface area contributed by atoms with Gasteiger partial charge in [0.15, 0.2) is 9.84 Å². The Kier molecular flexibility index (Phi) is 5.01. The summed E-state index contributed by atoms with van der Waals surface area (Å²) in [5.41, 5.74) is 6.10. The molecule has 0 fully saturated rings. The van der Waals surface area contributed by atoms with Crippen LogP contribution in [0.5, 0.6) is 0 Å². The zero-order valence-electron chi connectivity index (χ0n) is 12.6. The fourth-order valence-electron chi connectivity index (χ4n) is 2.79. The number of hydrogen-bond acceptors (Lipinski definition) is 3. The second kappa shape index (κ2) is 6.58. The number of fused-ring (bicyclic) bond motifs is 1. The summed E-state index contributed by atoms with van der Waals surface area (Å²) in [4.78, 5) is 0.375. The Morgan fingerprint density at radius 1 is 1.05 bits per heavy atom. The van der Waals surface area contributed by atoms with E-state index in [1.807, 2.05) is 44.2 Å². The lowest BCUT2D eigenvalue weighted by molar-refractivity contribution is 0.516. The van der Waals surface area contributed by atoms with Gasteiger partial charge in [-0.15, -0.1) is 0 Å². The summed E-state index contributed by atoms with van der Waals surface area (Å²) in [7, 11) is -3.39. The van der Waals surface area contributed by atoms with E-state index in [1.54, 1.807) is 12.1 Å². The number of benzene rings is 2. The van der Waals surface area contributed by atoms with Crippen LogP contribution in [-0.2, 0) is 9.84 Å². The van der Waals surface area contributed by atoms with Crippen LogP contribution < -0.4 is 5.73 Å². The predicted molar refractivity (Wildman–Crippen MR) is 88.1 cm³/mol. The van der Waals surface area contributed by atoms with Crippen LogP contribution in [0.3, 0.4) is 0 Å². The monoisotopic (exact) mass is 305 g/mol. The van der Waals surface area contributed by atoms with Crippen LogP contribution in [0.4, 0.5) is 0 Å². The second-order valence-corrected chi connectivity index (χ2v) is 7.62. The molecule has 2 N–H and O–H groups in total. The van der Waals surface area contributed by atoms with Crippen molar-refractivity contribution in [3.05, 3.63) is 42.5 Å². The number of rotatable bonds is 6. The van der Waals surface area contributed by atoms with Gasteiger partial charge in [-0.25, -0.2) is 8.42 Å². The van der Waals surface area contributed by atoms with Crippen molar-refractivity contribution >= 4 is 20.6 Å². The maximum Gasteiger partial charge on any atom is 0.182 e. The normalized spacial score (nSPS) is 15.0. The molecule has 2 rings (SSSR count). The molecule has 114 valence electrons. The third-order valence-corrected chi connectivity index (χ3v) is 6.34. The van der Waals surface area contributed by atoms with E-state index in [1.165, 1.54) is 0 Å². The lowest BCUT2D eigenvalue weighted by atomic mass is 10.1. The van der Waals surface area contributed by atoms with Crippen molar-refractivity contribution in [2.75, 3.05) is 0 Å². The number of hydrogen-bond donors (Lipinski definition) is 1. The first-order chi connectivity index (χ1) is 10.0. The Morgan fingerprint density at radius 2 is 1.71 bits per heavy atom. The van der Waals surface area contributed by atoms with Crippen LogP contribution in [0, 0.1) is 0 Å². The van der Waals surface area contributed by atoms with E-state index in [0.29, 0.717) is 11.3 Å². The van der Waals surface area contributed by atoms with Crippen LogP contribution in [0.1, 0.15) is 33.1 Å². The molecular formula is C17H23NO2S. The van der Waals surface area contributed by atoms with E-state index in [0.717, 1.165) is 23.6 Å². The van der Waals surface area contributed by atoms with E-state index >= 15 is 0 Å². The molecule has 0 radical (unpaired) electrons. The molecule has 0 aliphatic rings. The summed E-state index contributed by atoms with van der Waals surface area (Å²) in [6.45, 7) is 3.91. The van der Waals surface area contributed by atoms with E-state index < -0.39 is 15.1 Å². The maximum absolute atomic E-state index is 12.8. The summed E-state index contributed by atoms with van der Waals surface area (Å²) in [5, 5.41) is 1.47. The highest BCUT2D eigenvalue weighted by Gasteiger charge is 2.30. The van der Waals surface area contributed by atoms with E-state index in [2.05, 4.69) is 0 Å². The molecule has 0 saturated heterocycles. The van der Waals surface area contributed by atoms with Crippen LogP contribution >= 0.6 is 0 Å². The molecule has 2 aromatic rings. The minimum absolute atomic E-state index is 0.309. The minimum Gasteiger partial charge on any atom is -0.327 e. The lowest BCUT2D eigenvalue weighted by Crippen LogP contribution is -2.40. The minimum atomic E-state index is -3.39. The summed E-state index contributed by atoms with van der Waals surface area (Å²) in [6.07, 6.45) is 2.16. The van der Waals surface area contributed by atoms with Crippen LogP contribution in [0.2, 0.25) is 0 Å². The van der Waals surface area contributed by atoms with Crippen molar-refractivity contribution in [1.29, 1.82) is 0 Å². The standard InChI is InChI=1S/C17H23NO2S/c1-3-7-16(18)17(4-2)21(19,20)15-11-10-13-8-5-6-9-14(13)12-15/h5-6,8-12,16-17H,3-4,7,18H2,1-2H3. The molecule has 4 heteroatoms. The van der Waals surface area contributed by atoms with Gasteiger partial charge in [-0.05, 0) is 35.7 Å². The zero-order valence-corrected chi connectivity index (χ0v) is 13.4. The Bertz CT molecular complexity index is 710. The van der Waals surface area contributed by atoms with Crippen molar-refractivity contribution in [1.82, 2.24) is 0 Å². The van der Waals surface area contributed by atoms with Gasteiger partial charge < -0.3 is 5.73 Å². The first-order valence-electron chi connectivity index (χ1n) is 7.49. The Labute approximate surface area is 127 Å². The predicted octanol–water partition coefficient (Wildman–Crippen LogP) is 3.52. The van der Waals surface area contributed by atoms with Gasteiger partial charge in [-0.3, -0.25) is 0 Å². The largest absolute Gasteiger partial charge is 0.327 e. The molecule has 0 aromatic heterocycles. The van der Waals surface area contributed by atoms with Crippen LogP contribution in [0.15, 0.2) is 47.4 Å². The van der Waals surface area contributed by atoms with Gasteiger partial charge in [0.25, 0.3) is 0 Å². The molecular weight excluding hydrogens is 282 g/mol. The zero-order chi connectivity index (χ0) is 15.5. The average Bonchev–Trinajstić information content (AvgIpc) is 2.47. The second-order valence-electron chi connectivity index (χ2n) is 5.45. The quantitative estimate of drug-likeness (QED) is 0.888. The van der Waals surface area contributed by atoms with Crippen LogP contribution in [-0.4, -0.2) is 19.7 Å². The number of nitrogens with two attached hydrogens (primary N) is 1. The van der Waals surface area contributed by atoms with Crippen LogP contribution in [0.25, 0.3) is 10.8 Å². The topological polar surface area (TPSA) is 60.2 Å². The molecule has 2 atom stereocenters. The van der Waals surface area contributed by atoms with Crippen molar-refractivity contribution in [2.24, 2.45) is 5.73 Å². The average molecular weight is 305 g/mol. The Balaban J connectivity index is 2.44. The molecule has 0 heterocycles. The summed E-state index contributed by atoms with van der Waals surface area (Å²) in [6, 6.07) is 12.8. The van der Waals surface area contributed by atoms with Crippen molar-refractivity contribution in [3.63, 3.8) is 0 Å². The molecule has 0 amide bonds. The van der Waals surface area contributed by atoms with Gasteiger partial charge in [0, 0.05) is 6.04 Å². The smallest absolute Gasteiger partial charge is 0.182 e. The van der Waals surface area contributed by atoms with E-state index in [9.17, 15) is 8.42 Å². The fourth-order valence-corrected chi connectivity index (χ4v) is 4.72. The number of sulfone groups is 1. The highest BCUT2D eigenvalue weighted by Crippen LogP contribution is 2.25. The van der Waals surface area contributed by atoms with E-state index in [-0.39, 0.29) is 6.04 Å². The first kappa shape index (κ1) is 16.0. The third kappa shape index (κ3) is 3.27. The maximum atomic E-state index is 12.8. The molecule has 2 unspecified atom stereocenters. The van der Waals surface area contributed by atoms with Crippen molar-refractivity contribution in [3.8, 4) is 0 Å². The Morgan fingerprint density at radius 3 is 2.33 bits per heavy atom. The molecule has 21 heavy (non-hydrogen) atoms. The summed E-state index contributed by atoms with van der Waals surface area (Å²) in [5.74, 6) is 0. The SMILES string of the molecule is CCCC(N)C(CC)S(=O)(=O)c1ccc2ccccc2c1. The van der Waals surface area contributed by atoms with Crippen molar-refractivity contribution < 1.29 is 8.42 Å². The van der Waals surface area contributed by atoms with Gasteiger partial charge in [-0.1, -0.05) is 50.6 Å². The van der Waals surface area contributed by atoms with Gasteiger partial charge in [0.05, 0.1) is 10.1 Å². The molecule has 0 aliphatic carbocycles. The molecule has 0 aliphatic heterocycles. The first-order valence-corrected chi connectivity index (χ1v) is 9.03. The summed E-state index contributed by atoms with van der Waals surface area (Å²) < 4.78 is 25.7. The van der Waals surface area contributed by atoms with Gasteiger partial charge in [0.1, 0.15) is 0 Å². The highest BCUT2D eigenvalue weighted by molar-refractivity contribution is 7.92.